The van der Waals surface area contributed by atoms with Crippen molar-refractivity contribution in [3.05, 3.63) is 41.4 Å². The average molecular weight is 227 g/mol. The number of thiazole rings is 1. The van der Waals surface area contributed by atoms with Gasteiger partial charge in [-0.3, -0.25) is 0 Å². The monoisotopic (exact) mass is 227 g/mol. The zero-order valence-electron chi connectivity index (χ0n) is 8.50. The molecule has 1 nitrogen and oxygen atoms in total. The van der Waals surface area contributed by atoms with Gasteiger partial charge < -0.3 is 0 Å². The van der Waals surface area contributed by atoms with Crippen LogP contribution < -0.4 is 0 Å². The molecule has 0 aliphatic carbocycles. The van der Waals surface area contributed by atoms with Gasteiger partial charge in [0, 0.05) is 23.2 Å². The van der Waals surface area contributed by atoms with Crippen LogP contribution in [0, 0.1) is 11.6 Å². The number of hydrogen-bond acceptors (Lipinski definition) is 2. The van der Waals surface area contributed by atoms with Crippen LogP contribution in [0.15, 0.2) is 29.8 Å². The summed E-state index contributed by atoms with van der Waals surface area (Å²) in [6, 6.07) is 3.47. The van der Waals surface area contributed by atoms with E-state index in [-0.39, 0.29) is 0 Å². The molecule has 0 amide bonds. The normalized spacial score (nSPS) is 9.33. The molecule has 1 aromatic carbocycles. The number of rotatable bonds is 1. The molecule has 0 atom stereocenters. The van der Waals surface area contributed by atoms with E-state index in [1.165, 1.54) is 23.5 Å². The Bertz CT molecular complexity index is 413. The van der Waals surface area contributed by atoms with Crippen molar-refractivity contribution in [2.75, 3.05) is 0 Å². The Balaban J connectivity index is 0.000000531. The Morgan fingerprint density at radius 1 is 1.20 bits per heavy atom. The predicted octanol–water partition coefficient (Wildman–Crippen LogP) is 4.11. The number of hydrogen-bond donors (Lipinski definition) is 0. The molecule has 1 aromatic heterocycles. The SMILES string of the molecule is CC.Fc1ccc(-c2nccs2)c(F)c1. The number of nitrogens with zero attached hydrogens (tertiary/aromatic N) is 1. The fourth-order valence-corrected chi connectivity index (χ4v) is 1.68. The van der Waals surface area contributed by atoms with Crippen molar-refractivity contribution in [1.29, 1.82) is 0 Å². The predicted molar refractivity (Wildman–Crippen MR) is 58.8 cm³/mol. The first-order chi connectivity index (χ1) is 7.27. The fraction of sp³-hybridized carbons (Fsp3) is 0.182. The highest BCUT2D eigenvalue weighted by molar-refractivity contribution is 7.13. The van der Waals surface area contributed by atoms with E-state index in [4.69, 9.17) is 0 Å². The lowest BCUT2D eigenvalue weighted by molar-refractivity contribution is 0.585. The molecule has 0 unspecified atom stereocenters. The van der Waals surface area contributed by atoms with E-state index in [0.717, 1.165) is 6.07 Å². The standard InChI is InChI=1S/C9H5F2NS.C2H6/c10-6-1-2-7(8(11)5-6)9-12-3-4-13-9;1-2/h1-5H;1-2H3. The topological polar surface area (TPSA) is 12.9 Å². The lowest BCUT2D eigenvalue weighted by atomic mass is 10.2. The third-order valence-corrected chi connectivity index (χ3v) is 2.40. The molecule has 15 heavy (non-hydrogen) atoms. The van der Waals surface area contributed by atoms with Gasteiger partial charge in [-0.1, -0.05) is 13.8 Å². The van der Waals surface area contributed by atoms with E-state index in [1.54, 1.807) is 11.6 Å². The fourth-order valence-electron chi connectivity index (χ4n) is 1.02. The summed E-state index contributed by atoms with van der Waals surface area (Å²) in [5.41, 5.74) is 0.344. The Kier molecular flexibility index (Phi) is 4.37. The Labute approximate surface area is 91.4 Å². The zero-order chi connectivity index (χ0) is 11.3. The van der Waals surface area contributed by atoms with Gasteiger partial charge in [-0.25, -0.2) is 13.8 Å². The molecular weight excluding hydrogens is 216 g/mol. The maximum atomic E-state index is 13.1. The minimum absolute atomic E-state index is 0.344. The number of aromatic nitrogens is 1. The van der Waals surface area contributed by atoms with Gasteiger partial charge in [0.2, 0.25) is 0 Å². The zero-order valence-corrected chi connectivity index (χ0v) is 9.31. The van der Waals surface area contributed by atoms with Gasteiger partial charge in [0.15, 0.2) is 0 Å². The van der Waals surface area contributed by atoms with Crippen LogP contribution in [-0.4, -0.2) is 4.98 Å². The molecule has 0 N–H and O–H groups in total. The summed E-state index contributed by atoms with van der Waals surface area (Å²) in [7, 11) is 0. The molecule has 2 aromatic rings. The Morgan fingerprint density at radius 3 is 2.47 bits per heavy atom. The molecule has 0 fully saturated rings. The largest absolute Gasteiger partial charge is 0.244 e. The van der Waals surface area contributed by atoms with Crippen molar-refractivity contribution >= 4 is 11.3 Å². The minimum atomic E-state index is -0.574. The molecule has 80 valence electrons. The Morgan fingerprint density at radius 2 is 1.93 bits per heavy atom. The van der Waals surface area contributed by atoms with E-state index in [0.29, 0.717) is 10.6 Å². The summed E-state index contributed by atoms with van der Waals surface area (Å²) in [6.45, 7) is 4.00. The van der Waals surface area contributed by atoms with Crippen LogP contribution in [-0.2, 0) is 0 Å². The average Bonchev–Trinajstić information content (AvgIpc) is 2.74. The second kappa shape index (κ2) is 5.56. The first kappa shape index (κ1) is 11.8. The van der Waals surface area contributed by atoms with Crippen molar-refractivity contribution in [3.8, 4) is 10.6 Å². The quantitative estimate of drug-likeness (QED) is 0.714. The van der Waals surface area contributed by atoms with Gasteiger partial charge in [0.25, 0.3) is 0 Å². The number of benzene rings is 1. The smallest absolute Gasteiger partial charge is 0.136 e. The maximum Gasteiger partial charge on any atom is 0.136 e. The summed E-state index contributed by atoms with van der Waals surface area (Å²) in [5, 5.41) is 2.32. The summed E-state index contributed by atoms with van der Waals surface area (Å²) >= 11 is 1.32. The van der Waals surface area contributed by atoms with E-state index in [9.17, 15) is 8.78 Å². The van der Waals surface area contributed by atoms with Crippen molar-refractivity contribution in [3.63, 3.8) is 0 Å². The van der Waals surface area contributed by atoms with Crippen molar-refractivity contribution < 1.29 is 8.78 Å². The van der Waals surface area contributed by atoms with E-state index in [2.05, 4.69) is 4.98 Å². The highest BCUT2D eigenvalue weighted by Crippen LogP contribution is 2.24. The van der Waals surface area contributed by atoms with Crippen LogP contribution in [0.3, 0.4) is 0 Å². The van der Waals surface area contributed by atoms with E-state index < -0.39 is 11.6 Å². The number of halogens is 2. The van der Waals surface area contributed by atoms with E-state index in [1.807, 2.05) is 13.8 Å². The molecule has 0 aliphatic heterocycles. The van der Waals surface area contributed by atoms with Gasteiger partial charge in [-0.05, 0) is 12.1 Å². The summed E-state index contributed by atoms with van der Waals surface area (Å²) in [6.07, 6.45) is 1.59. The molecule has 0 radical (unpaired) electrons. The van der Waals surface area contributed by atoms with Crippen LogP contribution in [0.1, 0.15) is 13.8 Å². The summed E-state index contributed by atoms with van der Waals surface area (Å²) in [4.78, 5) is 3.93. The second-order valence-electron chi connectivity index (χ2n) is 2.46. The molecule has 2 rings (SSSR count). The molecular formula is C11H11F2NS. The second-order valence-corrected chi connectivity index (χ2v) is 3.36. The molecule has 0 bridgehead atoms. The van der Waals surface area contributed by atoms with Crippen LogP contribution in [0.25, 0.3) is 10.6 Å². The highest BCUT2D eigenvalue weighted by atomic mass is 32.1. The van der Waals surface area contributed by atoms with E-state index >= 15 is 0 Å². The lowest BCUT2D eigenvalue weighted by Crippen LogP contribution is -1.84. The van der Waals surface area contributed by atoms with Gasteiger partial charge in [0.1, 0.15) is 16.6 Å². The Hall–Kier alpha value is -1.29. The van der Waals surface area contributed by atoms with Crippen molar-refractivity contribution in [2.24, 2.45) is 0 Å². The van der Waals surface area contributed by atoms with Crippen LogP contribution >= 0.6 is 11.3 Å². The third-order valence-electron chi connectivity index (χ3n) is 1.59. The maximum absolute atomic E-state index is 13.1. The van der Waals surface area contributed by atoms with Crippen molar-refractivity contribution in [2.45, 2.75) is 13.8 Å². The molecule has 0 spiro atoms. The first-order valence-corrected chi connectivity index (χ1v) is 5.50. The van der Waals surface area contributed by atoms with Gasteiger partial charge in [-0.15, -0.1) is 11.3 Å². The lowest BCUT2D eigenvalue weighted by Gasteiger charge is -1.97. The first-order valence-electron chi connectivity index (χ1n) is 4.62. The van der Waals surface area contributed by atoms with Gasteiger partial charge >= 0.3 is 0 Å². The van der Waals surface area contributed by atoms with Gasteiger partial charge in [-0.2, -0.15) is 0 Å². The van der Waals surface area contributed by atoms with Crippen LogP contribution in [0.2, 0.25) is 0 Å². The molecule has 4 heteroatoms. The highest BCUT2D eigenvalue weighted by Gasteiger charge is 2.07. The van der Waals surface area contributed by atoms with Crippen LogP contribution in [0.4, 0.5) is 8.78 Å². The van der Waals surface area contributed by atoms with Crippen LogP contribution in [0.5, 0.6) is 0 Å². The van der Waals surface area contributed by atoms with Crippen molar-refractivity contribution in [1.82, 2.24) is 4.98 Å². The molecule has 0 saturated carbocycles. The third kappa shape index (κ3) is 2.83. The minimum Gasteiger partial charge on any atom is -0.244 e. The molecule has 0 saturated heterocycles. The van der Waals surface area contributed by atoms with Gasteiger partial charge in [0.05, 0.1) is 0 Å². The summed E-state index contributed by atoms with van der Waals surface area (Å²) < 4.78 is 25.7. The molecule has 1 heterocycles. The summed E-state index contributed by atoms with van der Waals surface area (Å²) in [5.74, 6) is -1.15. The molecule has 0 aliphatic rings.